The molecule has 0 bridgehead atoms. The van der Waals surface area contributed by atoms with E-state index in [2.05, 4.69) is 31.2 Å². The van der Waals surface area contributed by atoms with Gasteiger partial charge in [-0.05, 0) is 44.9 Å². The second-order valence-electron chi connectivity index (χ2n) is 7.32. The molecule has 0 atom stereocenters. The number of ether oxygens (including phenoxy) is 3. The Morgan fingerprint density at radius 2 is 2.00 bits per heavy atom. The van der Waals surface area contributed by atoms with Crippen LogP contribution in [-0.4, -0.2) is 43.4 Å². The average molecular weight is 462 g/mol. The first kappa shape index (κ1) is 25.3. The molecule has 3 rings (SSSR count). The van der Waals surface area contributed by atoms with E-state index < -0.39 is 0 Å². The molecule has 1 aromatic heterocycles. The maximum atomic E-state index is 10.5. The molecule has 1 N–H and O–H groups in total. The van der Waals surface area contributed by atoms with E-state index in [1.807, 2.05) is 31.0 Å². The molecule has 1 aliphatic rings. The van der Waals surface area contributed by atoms with Gasteiger partial charge in [0.05, 0.1) is 36.3 Å². The van der Waals surface area contributed by atoms with Gasteiger partial charge in [-0.3, -0.25) is 9.48 Å². The Bertz CT molecular complexity index is 995. The van der Waals surface area contributed by atoms with Crippen molar-refractivity contribution in [3.63, 3.8) is 0 Å². The van der Waals surface area contributed by atoms with Crippen LogP contribution in [0.1, 0.15) is 44.5 Å². The largest absolute Gasteiger partial charge is 0.501 e. The van der Waals surface area contributed by atoms with E-state index in [1.54, 1.807) is 19.2 Å². The summed E-state index contributed by atoms with van der Waals surface area (Å²) in [6.07, 6.45) is 5.60. The highest BCUT2D eigenvalue weighted by molar-refractivity contribution is 6.32. The Morgan fingerprint density at radius 1 is 1.28 bits per heavy atom. The van der Waals surface area contributed by atoms with Crippen LogP contribution in [0.4, 0.5) is 5.69 Å². The van der Waals surface area contributed by atoms with E-state index >= 15 is 0 Å². The fourth-order valence-electron chi connectivity index (χ4n) is 3.08. The first-order valence-electron chi connectivity index (χ1n) is 10.5. The van der Waals surface area contributed by atoms with Crippen molar-refractivity contribution in [2.45, 2.75) is 40.7 Å². The summed E-state index contributed by atoms with van der Waals surface area (Å²) >= 11 is 5.86. The molecule has 32 heavy (non-hydrogen) atoms. The molecule has 2 heterocycles. The first-order chi connectivity index (χ1) is 15.3. The topological polar surface area (TPSA) is 74.6 Å². The number of fused-ring (bicyclic) bond motifs is 1. The van der Waals surface area contributed by atoms with Gasteiger partial charge >= 0.3 is 0 Å². The molecule has 0 saturated heterocycles. The lowest BCUT2D eigenvalue weighted by atomic mass is 10.00. The molecule has 0 fully saturated rings. The van der Waals surface area contributed by atoms with E-state index in [-0.39, 0.29) is 0 Å². The van der Waals surface area contributed by atoms with Crippen molar-refractivity contribution < 1.29 is 19.0 Å². The standard InChI is InChI=1S/C15H25N3O.C9H7ClO3/c1-7-11(2)12(3)15(13(4)19-6)10-18-9-14(16-5)8-17-18;10-7-3-6(5-11)4-8-9(7)13-2-1-12-8/h8-9,16H,7,10H2,1-6H3;3-5H,1-2H2/b12-11+,15-13-;. The van der Waals surface area contributed by atoms with E-state index in [4.69, 9.17) is 25.8 Å². The molecule has 0 amide bonds. The summed E-state index contributed by atoms with van der Waals surface area (Å²) in [4.78, 5) is 10.5. The van der Waals surface area contributed by atoms with Gasteiger partial charge in [0.2, 0.25) is 0 Å². The number of hydrogen-bond donors (Lipinski definition) is 1. The lowest BCUT2D eigenvalue weighted by molar-refractivity contribution is 0.112. The number of hydrogen-bond acceptors (Lipinski definition) is 6. The van der Waals surface area contributed by atoms with Gasteiger partial charge in [-0.25, -0.2) is 0 Å². The van der Waals surface area contributed by atoms with Crippen molar-refractivity contribution in [1.29, 1.82) is 0 Å². The molecule has 8 heteroatoms. The lowest BCUT2D eigenvalue weighted by Gasteiger charge is -2.19. The summed E-state index contributed by atoms with van der Waals surface area (Å²) in [5, 5.41) is 7.85. The third kappa shape index (κ3) is 6.53. The number of methoxy groups -OCH3 is 1. The van der Waals surface area contributed by atoms with E-state index in [0.717, 1.165) is 30.7 Å². The smallest absolute Gasteiger partial charge is 0.179 e. The Hall–Kier alpha value is -2.93. The van der Waals surface area contributed by atoms with Gasteiger partial charge in [-0.15, -0.1) is 0 Å². The molecule has 0 spiro atoms. The molecule has 0 aliphatic carbocycles. The van der Waals surface area contributed by atoms with Gasteiger partial charge in [-0.2, -0.15) is 5.10 Å². The zero-order valence-electron chi connectivity index (χ0n) is 19.6. The van der Waals surface area contributed by atoms with Crippen molar-refractivity contribution in [3.05, 3.63) is 57.6 Å². The Balaban J connectivity index is 0.000000242. The molecule has 0 unspecified atom stereocenters. The van der Waals surface area contributed by atoms with Crippen LogP contribution in [-0.2, 0) is 11.3 Å². The summed E-state index contributed by atoms with van der Waals surface area (Å²) < 4.78 is 17.9. The molecule has 0 radical (unpaired) electrons. The second kappa shape index (κ2) is 12.2. The highest BCUT2D eigenvalue weighted by atomic mass is 35.5. The molecule has 0 saturated carbocycles. The molecular formula is C24H32ClN3O4. The van der Waals surface area contributed by atoms with Crippen molar-refractivity contribution in [2.24, 2.45) is 0 Å². The number of carbonyl (C=O) groups is 1. The second-order valence-corrected chi connectivity index (χ2v) is 7.73. The van der Waals surface area contributed by atoms with Gasteiger partial charge in [-0.1, -0.05) is 24.1 Å². The first-order valence-corrected chi connectivity index (χ1v) is 10.9. The maximum absolute atomic E-state index is 10.5. The molecule has 174 valence electrons. The van der Waals surface area contributed by atoms with Crippen molar-refractivity contribution >= 4 is 23.6 Å². The lowest BCUT2D eigenvalue weighted by Crippen LogP contribution is -2.15. The number of carbonyl (C=O) groups excluding carboxylic acids is 1. The molecular weight excluding hydrogens is 430 g/mol. The van der Waals surface area contributed by atoms with Crippen molar-refractivity contribution in [1.82, 2.24) is 9.78 Å². The summed E-state index contributed by atoms with van der Waals surface area (Å²) in [5.41, 5.74) is 5.39. The predicted molar refractivity (Wildman–Crippen MR) is 128 cm³/mol. The fraction of sp³-hybridized carbons (Fsp3) is 0.417. The van der Waals surface area contributed by atoms with Gasteiger partial charge in [0.1, 0.15) is 19.5 Å². The van der Waals surface area contributed by atoms with Crippen LogP contribution in [0.2, 0.25) is 5.02 Å². The number of nitrogens with one attached hydrogen (secondary N) is 1. The van der Waals surface area contributed by atoms with E-state index in [9.17, 15) is 4.79 Å². The zero-order valence-corrected chi connectivity index (χ0v) is 20.4. The normalized spacial score (nSPS) is 13.8. The van der Waals surface area contributed by atoms with Crippen LogP contribution in [0, 0.1) is 0 Å². The van der Waals surface area contributed by atoms with Crippen LogP contribution < -0.4 is 14.8 Å². The fourth-order valence-corrected chi connectivity index (χ4v) is 3.35. The summed E-state index contributed by atoms with van der Waals surface area (Å²) in [5.74, 6) is 2.02. The Morgan fingerprint density at radius 3 is 2.59 bits per heavy atom. The Kier molecular flexibility index (Phi) is 9.65. The third-order valence-corrected chi connectivity index (χ3v) is 5.63. The number of anilines is 1. The molecule has 7 nitrogen and oxygen atoms in total. The maximum Gasteiger partial charge on any atom is 0.179 e. The predicted octanol–water partition coefficient (Wildman–Crippen LogP) is 5.52. The van der Waals surface area contributed by atoms with E-state index in [1.165, 1.54) is 16.7 Å². The number of aromatic nitrogens is 2. The van der Waals surface area contributed by atoms with Gasteiger partial charge in [0, 0.05) is 24.4 Å². The minimum atomic E-state index is 0.416. The summed E-state index contributed by atoms with van der Waals surface area (Å²) in [6.45, 7) is 10.2. The van der Waals surface area contributed by atoms with Crippen LogP contribution in [0.25, 0.3) is 0 Å². The monoisotopic (exact) mass is 461 g/mol. The van der Waals surface area contributed by atoms with Gasteiger partial charge < -0.3 is 19.5 Å². The number of halogens is 1. The van der Waals surface area contributed by atoms with Crippen LogP contribution in [0.3, 0.4) is 0 Å². The highest BCUT2D eigenvalue weighted by Crippen LogP contribution is 2.37. The minimum Gasteiger partial charge on any atom is -0.501 e. The quantitative estimate of drug-likeness (QED) is 0.332. The van der Waals surface area contributed by atoms with Crippen molar-refractivity contribution in [3.8, 4) is 11.5 Å². The number of rotatable bonds is 7. The van der Waals surface area contributed by atoms with Crippen LogP contribution >= 0.6 is 11.6 Å². The number of nitrogens with zero attached hydrogens (tertiary/aromatic N) is 2. The Labute approximate surface area is 195 Å². The number of aldehydes is 1. The summed E-state index contributed by atoms with van der Waals surface area (Å²) in [7, 11) is 3.61. The highest BCUT2D eigenvalue weighted by Gasteiger charge is 2.16. The number of allylic oxidation sites excluding steroid dienone is 4. The SMILES string of the molecule is CC/C(C)=C(C)/C(Cn1cc(NC)cn1)=C(/C)OC.O=Cc1cc(Cl)c2c(c1)OCCO2. The molecule has 2 aromatic rings. The number of benzene rings is 1. The average Bonchev–Trinajstić information content (AvgIpc) is 3.29. The van der Waals surface area contributed by atoms with Crippen molar-refractivity contribution in [2.75, 3.05) is 32.7 Å². The molecule has 1 aromatic carbocycles. The zero-order chi connectivity index (χ0) is 23.7. The molecule has 1 aliphatic heterocycles. The van der Waals surface area contributed by atoms with Crippen LogP contribution in [0.15, 0.2) is 47.0 Å². The summed E-state index contributed by atoms with van der Waals surface area (Å²) in [6, 6.07) is 3.18. The van der Waals surface area contributed by atoms with Gasteiger partial charge in [0.25, 0.3) is 0 Å². The minimum absolute atomic E-state index is 0.416. The van der Waals surface area contributed by atoms with Gasteiger partial charge in [0.15, 0.2) is 11.5 Å². The van der Waals surface area contributed by atoms with E-state index in [0.29, 0.717) is 35.3 Å². The van der Waals surface area contributed by atoms with Crippen LogP contribution in [0.5, 0.6) is 11.5 Å². The third-order valence-electron chi connectivity index (χ3n) is 5.35.